The van der Waals surface area contributed by atoms with Crippen LogP contribution in [0.1, 0.15) is 147 Å². The van der Waals surface area contributed by atoms with Crippen LogP contribution >= 0.6 is 0 Å². The molecule has 3 heterocycles. The van der Waals surface area contributed by atoms with Gasteiger partial charge in [-0.05, 0) is 111 Å². The van der Waals surface area contributed by atoms with Crippen molar-refractivity contribution in [1.29, 1.82) is 0 Å². The highest BCUT2D eigenvalue weighted by Gasteiger charge is 2.65. The average molecular weight is 826 g/mol. The van der Waals surface area contributed by atoms with Crippen LogP contribution in [0.15, 0.2) is 128 Å². The maximum absolute atomic E-state index is 5.60. The maximum Gasteiger partial charge on any atom is 0.234 e. The Morgan fingerprint density at radius 3 is 1.82 bits per heavy atom. The topological polar surface area (TPSA) is 45.2 Å². The van der Waals surface area contributed by atoms with Crippen LogP contribution in [0.3, 0.4) is 0 Å². The minimum atomic E-state index is -0.345. The lowest BCUT2D eigenvalue weighted by Gasteiger charge is -2.52. The summed E-state index contributed by atoms with van der Waals surface area (Å²) >= 11 is 0. The third-order valence-electron chi connectivity index (χ3n) is 14.6. The number of benzene rings is 4. The zero-order valence-electron chi connectivity index (χ0n) is 38.2. The quantitative estimate of drug-likeness (QED) is 0.0732. The predicted octanol–water partition coefficient (Wildman–Crippen LogP) is 15.4. The highest BCUT2D eigenvalue weighted by atomic mass is 15.4. The molecule has 0 radical (unpaired) electrons. The molecular weight excluding hydrogens is 755 g/mol. The van der Waals surface area contributed by atoms with Crippen LogP contribution in [0.5, 0.6) is 0 Å². The molecule has 4 aromatic carbocycles. The maximum atomic E-state index is 5.60. The van der Waals surface area contributed by atoms with Crippen LogP contribution in [0.4, 0.5) is 17.3 Å². The van der Waals surface area contributed by atoms with E-state index in [0.29, 0.717) is 17.8 Å². The van der Waals surface area contributed by atoms with Crippen LogP contribution in [0, 0.1) is 11.8 Å². The van der Waals surface area contributed by atoms with Gasteiger partial charge in [0.25, 0.3) is 0 Å². The molecule has 0 amide bonds. The second kappa shape index (κ2) is 20.4. The number of anilines is 3. The molecule has 1 aromatic heterocycles. The first-order valence-corrected chi connectivity index (χ1v) is 24.5. The van der Waals surface area contributed by atoms with Crippen molar-refractivity contribution >= 4 is 17.3 Å². The molecule has 1 saturated carbocycles. The van der Waals surface area contributed by atoms with E-state index < -0.39 is 0 Å². The summed E-state index contributed by atoms with van der Waals surface area (Å²) in [5.74, 6) is 3.34. The Bertz CT molecular complexity index is 2200. The van der Waals surface area contributed by atoms with E-state index >= 15 is 0 Å². The van der Waals surface area contributed by atoms with E-state index in [2.05, 4.69) is 153 Å². The van der Waals surface area contributed by atoms with E-state index in [9.17, 15) is 0 Å². The molecule has 2 fully saturated rings. The Morgan fingerprint density at radius 2 is 1.23 bits per heavy atom. The number of allylic oxidation sites excluding steroid dienone is 3. The lowest BCUT2D eigenvalue weighted by Crippen LogP contribution is -2.62. The SMILES string of the molecule is C=C/C=C1\C(CC)C2CCC3c4ccccc4N(c4ccccc4)C3C2(C)N1c1nc(-c2cccc(CCCCCCCC)c2)nc(-c2cccc(CCCCCCCC)c2)n1. The van der Waals surface area contributed by atoms with Gasteiger partial charge in [-0.25, -0.2) is 4.98 Å². The highest BCUT2D eigenvalue weighted by Crippen LogP contribution is 2.63. The van der Waals surface area contributed by atoms with Crippen LogP contribution in [0.2, 0.25) is 0 Å². The summed E-state index contributed by atoms with van der Waals surface area (Å²) in [6, 6.07) is 38.5. The summed E-state index contributed by atoms with van der Waals surface area (Å²) < 4.78 is 0. The molecular formula is C57H71N5. The fourth-order valence-corrected chi connectivity index (χ4v) is 11.6. The van der Waals surface area contributed by atoms with Gasteiger partial charge in [0.05, 0.1) is 11.6 Å². The summed E-state index contributed by atoms with van der Waals surface area (Å²) in [4.78, 5) is 21.8. The molecule has 1 saturated heterocycles. The lowest BCUT2D eigenvalue weighted by atomic mass is 9.63. The minimum Gasteiger partial charge on any atom is -0.335 e. The number of aromatic nitrogens is 3. The highest BCUT2D eigenvalue weighted by molar-refractivity contribution is 5.76. The van der Waals surface area contributed by atoms with Crippen molar-refractivity contribution in [1.82, 2.24) is 15.0 Å². The molecule has 0 bridgehead atoms. The summed E-state index contributed by atoms with van der Waals surface area (Å²) in [7, 11) is 0. The van der Waals surface area contributed by atoms with Crippen molar-refractivity contribution in [3.8, 4) is 22.8 Å². The minimum absolute atomic E-state index is 0.163. The molecule has 5 aromatic rings. The van der Waals surface area contributed by atoms with Crippen molar-refractivity contribution in [3.63, 3.8) is 0 Å². The number of fused-ring (bicyclic) bond motifs is 5. The molecule has 5 nitrogen and oxygen atoms in total. The molecule has 5 atom stereocenters. The third-order valence-corrected chi connectivity index (χ3v) is 14.6. The third kappa shape index (κ3) is 8.92. The average Bonchev–Trinajstić information content (AvgIpc) is 3.78. The molecule has 324 valence electrons. The van der Waals surface area contributed by atoms with Gasteiger partial charge in [0.2, 0.25) is 5.95 Å². The van der Waals surface area contributed by atoms with Gasteiger partial charge in [-0.15, -0.1) is 0 Å². The van der Waals surface area contributed by atoms with Gasteiger partial charge in [-0.3, -0.25) is 0 Å². The molecule has 3 aliphatic rings. The van der Waals surface area contributed by atoms with Crippen LogP contribution in [0.25, 0.3) is 22.8 Å². The van der Waals surface area contributed by atoms with Gasteiger partial charge in [-0.1, -0.05) is 170 Å². The number of nitrogens with zero attached hydrogens (tertiary/aromatic N) is 5. The molecule has 0 N–H and O–H groups in total. The Labute approximate surface area is 373 Å². The lowest BCUT2D eigenvalue weighted by molar-refractivity contribution is 0.159. The molecule has 2 aliphatic heterocycles. The monoisotopic (exact) mass is 826 g/mol. The first kappa shape index (κ1) is 43.6. The summed E-state index contributed by atoms with van der Waals surface area (Å²) in [5, 5.41) is 0. The summed E-state index contributed by atoms with van der Waals surface area (Å²) in [6.07, 6.45) is 25.2. The Hall–Kier alpha value is -5.03. The van der Waals surface area contributed by atoms with E-state index in [0.717, 1.165) is 60.8 Å². The summed E-state index contributed by atoms with van der Waals surface area (Å²) in [6.45, 7) is 13.8. The first-order valence-electron chi connectivity index (χ1n) is 24.5. The molecule has 0 spiro atoms. The van der Waals surface area contributed by atoms with Crippen molar-refractivity contribution in [3.05, 3.63) is 144 Å². The van der Waals surface area contributed by atoms with Gasteiger partial charge < -0.3 is 9.80 Å². The Morgan fingerprint density at radius 1 is 0.645 bits per heavy atom. The standard InChI is InChI=1S/C57H71N5/c1-6-10-12-14-16-19-28-42-30-25-32-44(40-42)54-58-55(45-33-26-31-43(41-45)29-20-17-15-13-11-7-2)60-56(59-54)62-52(27-8-3)47(9-4)50-39-38-49-48-36-23-24-37-51(48)61(53(49)57(50,62)5)46-34-21-18-22-35-46/h8,18,21-27,30-37,40-41,47,49-50,53H,3,6-7,9-17,19-20,28-29,38-39H2,1-2,4-5H3/b52-27+. The van der Waals surface area contributed by atoms with Gasteiger partial charge in [-0.2, -0.15) is 9.97 Å². The van der Waals surface area contributed by atoms with Crippen LogP contribution in [-0.4, -0.2) is 26.5 Å². The van der Waals surface area contributed by atoms with Crippen LogP contribution in [-0.2, 0) is 12.8 Å². The summed E-state index contributed by atoms with van der Waals surface area (Å²) in [5.41, 5.74) is 9.78. The normalized spacial score (nSPS) is 22.2. The second-order valence-corrected chi connectivity index (χ2v) is 18.6. The first-order chi connectivity index (χ1) is 30.5. The van der Waals surface area contributed by atoms with Crippen molar-refractivity contribution < 1.29 is 0 Å². The number of rotatable bonds is 20. The van der Waals surface area contributed by atoms with E-state index in [1.807, 2.05) is 6.08 Å². The van der Waals surface area contributed by atoms with Crippen molar-refractivity contribution in [2.75, 3.05) is 9.80 Å². The van der Waals surface area contributed by atoms with Gasteiger partial charge >= 0.3 is 0 Å². The number of para-hydroxylation sites is 2. The Kier molecular flexibility index (Phi) is 14.4. The number of unbranched alkanes of at least 4 members (excludes halogenated alkanes) is 10. The smallest absolute Gasteiger partial charge is 0.234 e. The molecule has 8 rings (SSSR count). The van der Waals surface area contributed by atoms with E-state index in [1.54, 1.807) is 0 Å². The van der Waals surface area contributed by atoms with Gasteiger partial charge in [0, 0.05) is 40.0 Å². The number of hydrogen-bond acceptors (Lipinski definition) is 5. The second-order valence-electron chi connectivity index (χ2n) is 18.6. The van der Waals surface area contributed by atoms with E-state index in [4.69, 9.17) is 15.0 Å². The van der Waals surface area contributed by atoms with Gasteiger partial charge in [0.1, 0.15) is 0 Å². The van der Waals surface area contributed by atoms with E-state index in [-0.39, 0.29) is 11.6 Å². The van der Waals surface area contributed by atoms with E-state index in [1.165, 1.54) is 111 Å². The fourth-order valence-electron chi connectivity index (χ4n) is 11.6. The number of hydrogen-bond donors (Lipinski definition) is 0. The zero-order valence-corrected chi connectivity index (χ0v) is 38.2. The van der Waals surface area contributed by atoms with Crippen LogP contribution < -0.4 is 9.80 Å². The van der Waals surface area contributed by atoms with Crippen molar-refractivity contribution in [2.45, 2.75) is 154 Å². The largest absolute Gasteiger partial charge is 0.335 e. The number of aryl methyl sites for hydroxylation is 2. The predicted molar refractivity (Wildman–Crippen MR) is 262 cm³/mol. The molecule has 62 heavy (non-hydrogen) atoms. The van der Waals surface area contributed by atoms with Gasteiger partial charge in [0.15, 0.2) is 11.6 Å². The molecule has 1 aliphatic carbocycles. The fraction of sp³-hybridized carbons (Fsp3) is 0.456. The zero-order chi connectivity index (χ0) is 42.9. The Balaban J connectivity index is 1.25. The van der Waals surface area contributed by atoms with Crippen molar-refractivity contribution in [2.24, 2.45) is 11.8 Å². The molecule has 5 unspecified atom stereocenters. The molecule has 5 heteroatoms.